The molecule has 1 atom stereocenters. The third-order valence-corrected chi connectivity index (χ3v) is 2.30. The highest BCUT2D eigenvalue weighted by Gasteiger charge is 2.21. The van der Waals surface area contributed by atoms with Crippen LogP contribution in [-0.2, 0) is 4.79 Å². The Morgan fingerprint density at radius 2 is 2.27 bits per heavy atom. The highest BCUT2D eigenvalue weighted by molar-refractivity contribution is 5.67. The quantitative estimate of drug-likeness (QED) is 0.639. The summed E-state index contributed by atoms with van der Waals surface area (Å²) in [6.45, 7) is 0. The molecule has 0 spiro atoms. The molecule has 0 aromatic rings. The molecule has 3 heteroatoms. The van der Waals surface area contributed by atoms with Gasteiger partial charge in [0.05, 0.1) is 6.42 Å². The van der Waals surface area contributed by atoms with Crippen LogP contribution in [-0.4, -0.2) is 17.1 Å². The van der Waals surface area contributed by atoms with E-state index in [0.29, 0.717) is 5.92 Å². The van der Waals surface area contributed by atoms with Gasteiger partial charge in [0.15, 0.2) is 0 Å². The minimum Gasteiger partial charge on any atom is -0.481 e. The first kappa shape index (κ1) is 8.53. The summed E-state index contributed by atoms with van der Waals surface area (Å²) in [6, 6.07) is -0.127. The van der Waals surface area contributed by atoms with Crippen LogP contribution in [0, 0.1) is 5.92 Å². The molecule has 64 valence electrons. The summed E-state index contributed by atoms with van der Waals surface area (Å²) in [4.78, 5) is 10.2. The highest BCUT2D eigenvalue weighted by atomic mass is 16.4. The van der Waals surface area contributed by atoms with Gasteiger partial charge in [-0.3, -0.25) is 4.79 Å². The monoisotopic (exact) mass is 157 g/mol. The topological polar surface area (TPSA) is 63.3 Å². The molecule has 11 heavy (non-hydrogen) atoms. The Balaban J connectivity index is 2.09. The second kappa shape index (κ2) is 3.72. The Hall–Kier alpha value is -0.570. The summed E-state index contributed by atoms with van der Waals surface area (Å²) in [5.41, 5.74) is 5.60. The molecule has 0 bridgehead atoms. The van der Waals surface area contributed by atoms with Crippen LogP contribution in [0.25, 0.3) is 0 Å². The van der Waals surface area contributed by atoms with Crippen molar-refractivity contribution in [2.24, 2.45) is 11.7 Å². The second-order valence-corrected chi connectivity index (χ2v) is 3.39. The molecule has 1 aliphatic carbocycles. The number of hydrogen-bond donors (Lipinski definition) is 2. The minimum atomic E-state index is -0.781. The van der Waals surface area contributed by atoms with Gasteiger partial charge in [0.25, 0.3) is 0 Å². The van der Waals surface area contributed by atoms with E-state index in [-0.39, 0.29) is 12.5 Å². The summed E-state index contributed by atoms with van der Waals surface area (Å²) in [5.74, 6) is -0.0684. The molecule has 0 aliphatic heterocycles. The van der Waals surface area contributed by atoms with Crippen LogP contribution < -0.4 is 5.73 Å². The van der Waals surface area contributed by atoms with E-state index in [0.717, 1.165) is 6.42 Å². The molecular weight excluding hydrogens is 142 g/mol. The number of hydrogen-bond acceptors (Lipinski definition) is 2. The van der Waals surface area contributed by atoms with Crippen molar-refractivity contribution in [2.45, 2.75) is 38.1 Å². The maximum Gasteiger partial charge on any atom is 0.304 e. The lowest BCUT2D eigenvalue weighted by Crippen LogP contribution is -2.28. The molecule has 3 N–H and O–H groups in total. The van der Waals surface area contributed by atoms with Gasteiger partial charge in [-0.15, -0.1) is 0 Å². The van der Waals surface area contributed by atoms with Gasteiger partial charge in [-0.25, -0.2) is 0 Å². The van der Waals surface area contributed by atoms with Gasteiger partial charge in [0.2, 0.25) is 0 Å². The molecule has 1 fully saturated rings. The molecule has 0 heterocycles. The SMILES string of the molecule is N[C@H](CC(=O)O)CC1CCC1. The average Bonchev–Trinajstić information content (AvgIpc) is 1.77. The first-order chi connectivity index (χ1) is 5.18. The lowest BCUT2D eigenvalue weighted by Gasteiger charge is -2.27. The van der Waals surface area contributed by atoms with Gasteiger partial charge in [-0.05, 0) is 12.3 Å². The fraction of sp³-hybridized carbons (Fsp3) is 0.875. The molecule has 0 amide bonds. The number of rotatable bonds is 4. The summed E-state index contributed by atoms with van der Waals surface area (Å²) in [5, 5.41) is 8.41. The van der Waals surface area contributed by atoms with Crippen LogP contribution in [0.15, 0.2) is 0 Å². The number of aliphatic carboxylic acids is 1. The van der Waals surface area contributed by atoms with Crippen molar-refractivity contribution < 1.29 is 9.90 Å². The molecule has 1 aliphatic rings. The summed E-state index contributed by atoms with van der Waals surface area (Å²) < 4.78 is 0. The first-order valence-corrected chi connectivity index (χ1v) is 4.16. The fourth-order valence-corrected chi connectivity index (χ4v) is 1.46. The van der Waals surface area contributed by atoms with Crippen molar-refractivity contribution in [1.29, 1.82) is 0 Å². The molecule has 0 unspecified atom stereocenters. The van der Waals surface area contributed by atoms with Crippen molar-refractivity contribution in [1.82, 2.24) is 0 Å². The normalized spacial score (nSPS) is 20.8. The van der Waals surface area contributed by atoms with E-state index in [1.165, 1.54) is 19.3 Å². The Kier molecular flexibility index (Phi) is 2.88. The van der Waals surface area contributed by atoms with Crippen molar-refractivity contribution >= 4 is 5.97 Å². The largest absolute Gasteiger partial charge is 0.481 e. The zero-order valence-electron chi connectivity index (χ0n) is 6.62. The average molecular weight is 157 g/mol. The molecule has 0 aromatic heterocycles. The molecule has 1 rings (SSSR count). The Morgan fingerprint density at radius 3 is 2.64 bits per heavy atom. The second-order valence-electron chi connectivity index (χ2n) is 3.39. The van der Waals surface area contributed by atoms with Gasteiger partial charge >= 0.3 is 5.97 Å². The standard InChI is InChI=1S/C8H15NO2/c9-7(5-8(10)11)4-6-2-1-3-6/h6-7H,1-5,9H2,(H,10,11)/t7-/m0/s1. The highest BCUT2D eigenvalue weighted by Crippen LogP contribution is 2.30. The van der Waals surface area contributed by atoms with Crippen LogP contribution >= 0.6 is 0 Å². The lowest BCUT2D eigenvalue weighted by molar-refractivity contribution is -0.137. The van der Waals surface area contributed by atoms with Gasteiger partial charge in [0, 0.05) is 6.04 Å². The smallest absolute Gasteiger partial charge is 0.304 e. The minimum absolute atomic E-state index is 0.122. The number of carbonyl (C=O) groups is 1. The van der Waals surface area contributed by atoms with Crippen molar-refractivity contribution in [3.63, 3.8) is 0 Å². The zero-order chi connectivity index (χ0) is 8.27. The van der Waals surface area contributed by atoms with Crippen LogP contribution in [0.2, 0.25) is 0 Å². The summed E-state index contributed by atoms with van der Waals surface area (Å²) >= 11 is 0. The van der Waals surface area contributed by atoms with Crippen molar-refractivity contribution in [3.05, 3.63) is 0 Å². The van der Waals surface area contributed by atoms with Crippen molar-refractivity contribution in [2.75, 3.05) is 0 Å². The maximum atomic E-state index is 10.2. The van der Waals surface area contributed by atoms with Gasteiger partial charge in [0.1, 0.15) is 0 Å². The fourth-order valence-electron chi connectivity index (χ4n) is 1.46. The molecule has 0 radical (unpaired) electrons. The first-order valence-electron chi connectivity index (χ1n) is 4.16. The lowest BCUT2D eigenvalue weighted by atomic mass is 9.80. The number of carboxylic acid groups (broad SMARTS) is 1. The summed E-state index contributed by atoms with van der Waals surface area (Å²) in [6.07, 6.45) is 4.80. The third-order valence-electron chi connectivity index (χ3n) is 2.30. The van der Waals surface area contributed by atoms with Crippen LogP contribution in [0.5, 0.6) is 0 Å². The molecule has 1 saturated carbocycles. The molecule has 0 saturated heterocycles. The molecular formula is C8H15NO2. The van der Waals surface area contributed by atoms with Crippen LogP contribution in [0.1, 0.15) is 32.1 Å². The Morgan fingerprint density at radius 1 is 1.64 bits per heavy atom. The molecule has 0 aromatic carbocycles. The van der Waals surface area contributed by atoms with Crippen molar-refractivity contribution in [3.8, 4) is 0 Å². The van der Waals surface area contributed by atoms with E-state index >= 15 is 0 Å². The number of carboxylic acids is 1. The number of nitrogens with two attached hydrogens (primary N) is 1. The van der Waals surface area contributed by atoms with E-state index in [1.54, 1.807) is 0 Å². The van der Waals surface area contributed by atoms with Crippen LogP contribution in [0.4, 0.5) is 0 Å². The van der Waals surface area contributed by atoms with Gasteiger partial charge < -0.3 is 10.8 Å². The van der Waals surface area contributed by atoms with Gasteiger partial charge in [-0.1, -0.05) is 19.3 Å². The van der Waals surface area contributed by atoms with E-state index in [1.807, 2.05) is 0 Å². The zero-order valence-corrected chi connectivity index (χ0v) is 6.62. The van der Waals surface area contributed by atoms with E-state index < -0.39 is 5.97 Å². The Labute approximate surface area is 66.6 Å². The van der Waals surface area contributed by atoms with Crippen LogP contribution in [0.3, 0.4) is 0 Å². The molecule has 3 nitrogen and oxygen atoms in total. The van der Waals surface area contributed by atoms with E-state index in [9.17, 15) is 4.79 Å². The maximum absolute atomic E-state index is 10.2. The van der Waals surface area contributed by atoms with E-state index in [2.05, 4.69) is 0 Å². The predicted octanol–water partition coefficient (Wildman–Crippen LogP) is 0.979. The van der Waals surface area contributed by atoms with Gasteiger partial charge in [-0.2, -0.15) is 0 Å². The van der Waals surface area contributed by atoms with E-state index in [4.69, 9.17) is 10.8 Å². The predicted molar refractivity (Wildman–Crippen MR) is 42.2 cm³/mol. The summed E-state index contributed by atoms with van der Waals surface area (Å²) in [7, 11) is 0. The Bertz CT molecular complexity index is 143. The third kappa shape index (κ3) is 2.89.